The van der Waals surface area contributed by atoms with Crippen molar-refractivity contribution < 1.29 is 19.1 Å². The second-order valence-electron chi connectivity index (χ2n) is 7.57. The Bertz CT molecular complexity index is 1020. The first-order chi connectivity index (χ1) is 16.1. The summed E-state index contributed by atoms with van der Waals surface area (Å²) in [7, 11) is 1.60. The molecule has 0 saturated heterocycles. The van der Waals surface area contributed by atoms with Crippen LogP contribution in [0.15, 0.2) is 84.9 Å². The van der Waals surface area contributed by atoms with Gasteiger partial charge in [-0.05, 0) is 42.3 Å². The summed E-state index contributed by atoms with van der Waals surface area (Å²) >= 11 is 0. The van der Waals surface area contributed by atoms with Crippen molar-refractivity contribution in [2.24, 2.45) is 0 Å². The van der Waals surface area contributed by atoms with Gasteiger partial charge in [0.05, 0.1) is 7.11 Å². The lowest BCUT2D eigenvalue weighted by atomic mass is 10.0. The summed E-state index contributed by atoms with van der Waals surface area (Å²) in [6.45, 7) is 2.43. The molecule has 3 aromatic rings. The maximum absolute atomic E-state index is 13.4. The van der Waals surface area contributed by atoms with E-state index in [1.165, 1.54) is 0 Å². The third-order valence-corrected chi connectivity index (χ3v) is 5.21. The lowest BCUT2D eigenvalue weighted by Gasteiger charge is -2.31. The summed E-state index contributed by atoms with van der Waals surface area (Å²) in [6.07, 6.45) is 0.397. The summed E-state index contributed by atoms with van der Waals surface area (Å²) < 4.78 is 11.1. The molecule has 1 N–H and O–H groups in total. The zero-order valence-electron chi connectivity index (χ0n) is 19.1. The number of nitrogens with one attached hydrogen (secondary N) is 1. The van der Waals surface area contributed by atoms with Crippen LogP contribution in [0.4, 0.5) is 0 Å². The van der Waals surface area contributed by atoms with E-state index in [1.54, 1.807) is 24.1 Å². The number of nitrogens with zero attached hydrogens (tertiary/aromatic N) is 1. The van der Waals surface area contributed by atoms with Crippen LogP contribution < -0.4 is 14.8 Å². The highest BCUT2D eigenvalue weighted by Crippen LogP contribution is 2.19. The number of likely N-dealkylation sites (N-methyl/N-ethyl adjacent to an activating group) is 1. The molecule has 1 atom stereocenters. The molecule has 0 fully saturated rings. The molecule has 0 unspecified atom stereocenters. The number of para-hydroxylation sites is 1. The summed E-state index contributed by atoms with van der Waals surface area (Å²) in [5, 5.41) is 2.89. The Hall–Kier alpha value is -3.80. The highest BCUT2D eigenvalue weighted by atomic mass is 16.5. The van der Waals surface area contributed by atoms with Gasteiger partial charge in [0.1, 0.15) is 17.5 Å². The Morgan fingerprint density at radius 3 is 2.18 bits per heavy atom. The SMILES string of the molecule is CCNC(=O)[C@H](Cc1ccccc1)N(Cc1cccc(OC)c1)C(=O)COc1ccccc1. The number of hydrogen-bond acceptors (Lipinski definition) is 4. The number of rotatable bonds is 11. The van der Waals surface area contributed by atoms with Gasteiger partial charge in [-0.1, -0.05) is 60.7 Å². The summed E-state index contributed by atoms with van der Waals surface area (Å²) in [4.78, 5) is 28.1. The van der Waals surface area contributed by atoms with E-state index in [4.69, 9.17) is 9.47 Å². The molecule has 0 heterocycles. The monoisotopic (exact) mass is 446 g/mol. The van der Waals surface area contributed by atoms with Gasteiger partial charge in [0.15, 0.2) is 6.61 Å². The molecular weight excluding hydrogens is 416 g/mol. The predicted octanol–water partition coefficient (Wildman–Crippen LogP) is 3.85. The van der Waals surface area contributed by atoms with Gasteiger partial charge in [-0.3, -0.25) is 9.59 Å². The fourth-order valence-electron chi connectivity index (χ4n) is 3.56. The number of ether oxygens (including phenoxy) is 2. The summed E-state index contributed by atoms with van der Waals surface area (Å²) in [5.74, 6) is 0.828. The number of carbonyl (C=O) groups is 2. The van der Waals surface area contributed by atoms with E-state index in [-0.39, 0.29) is 25.0 Å². The molecule has 172 valence electrons. The quantitative estimate of drug-likeness (QED) is 0.486. The molecule has 33 heavy (non-hydrogen) atoms. The van der Waals surface area contributed by atoms with Crippen molar-refractivity contribution in [3.8, 4) is 11.5 Å². The van der Waals surface area contributed by atoms with Gasteiger partial charge < -0.3 is 19.7 Å². The second kappa shape index (κ2) is 12.3. The highest BCUT2D eigenvalue weighted by molar-refractivity contribution is 5.88. The van der Waals surface area contributed by atoms with Gasteiger partial charge >= 0.3 is 0 Å². The molecule has 3 rings (SSSR count). The first-order valence-electron chi connectivity index (χ1n) is 11.0. The van der Waals surface area contributed by atoms with E-state index in [9.17, 15) is 9.59 Å². The predicted molar refractivity (Wildman–Crippen MR) is 128 cm³/mol. The lowest BCUT2D eigenvalue weighted by Crippen LogP contribution is -2.51. The van der Waals surface area contributed by atoms with Crippen LogP contribution in [0.25, 0.3) is 0 Å². The molecule has 2 amide bonds. The molecule has 0 aromatic heterocycles. The van der Waals surface area contributed by atoms with Crippen LogP contribution >= 0.6 is 0 Å². The molecule has 0 aliphatic heterocycles. The topological polar surface area (TPSA) is 67.9 Å². The maximum Gasteiger partial charge on any atom is 0.261 e. The van der Waals surface area contributed by atoms with Crippen LogP contribution in [-0.2, 0) is 22.6 Å². The second-order valence-corrected chi connectivity index (χ2v) is 7.57. The van der Waals surface area contributed by atoms with Crippen LogP contribution in [0.3, 0.4) is 0 Å². The average molecular weight is 447 g/mol. The fourth-order valence-corrected chi connectivity index (χ4v) is 3.56. The van der Waals surface area contributed by atoms with Crippen LogP contribution in [-0.4, -0.2) is 43.0 Å². The smallest absolute Gasteiger partial charge is 0.261 e. The molecule has 0 aliphatic rings. The Balaban J connectivity index is 1.89. The summed E-state index contributed by atoms with van der Waals surface area (Å²) in [5.41, 5.74) is 1.84. The van der Waals surface area contributed by atoms with Crippen molar-refractivity contribution >= 4 is 11.8 Å². The number of carbonyl (C=O) groups excluding carboxylic acids is 2. The normalized spacial score (nSPS) is 11.3. The summed E-state index contributed by atoms with van der Waals surface area (Å²) in [6, 6.07) is 25.7. The minimum Gasteiger partial charge on any atom is -0.497 e. The van der Waals surface area contributed by atoms with Gasteiger partial charge in [0, 0.05) is 19.5 Å². The minimum atomic E-state index is -0.689. The first-order valence-corrected chi connectivity index (χ1v) is 11.0. The molecule has 0 radical (unpaired) electrons. The molecule has 3 aromatic carbocycles. The Morgan fingerprint density at radius 2 is 1.52 bits per heavy atom. The van der Waals surface area contributed by atoms with Gasteiger partial charge in [0.2, 0.25) is 5.91 Å². The van der Waals surface area contributed by atoms with Crippen LogP contribution in [0, 0.1) is 0 Å². The van der Waals surface area contributed by atoms with Crippen LogP contribution in [0.1, 0.15) is 18.1 Å². The van der Waals surface area contributed by atoms with Crippen molar-refractivity contribution in [1.29, 1.82) is 0 Å². The lowest BCUT2D eigenvalue weighted by molar-refractivity contribution is -0.142. The van der Waals surface area contributed by atoms with Crippen LogP contribution in [0.5, 0.6) is 11.5 Å². The van der Waals surface area contributed by atoms with E-state index < -0.39 is 6.04 Å². The van der Waals surface area contributed by atoms with Crippen molar-refractivity contribution in [3.63, 3.8) is 0 Å². The number of hydrogen-bond donors (Lipinski definition) is 1. The van der Waals surface area contributed by atoms with Gasteiger partial charge in [-0.25, -0.2) is 0 Å². The molecule has 0 saturated carbocycles. The zero-order chi connectivity index (χ0) is 23.5. The van der Waals surface area contributed by atoms with Crippen molar-refractivity contribution in [3.05, 3.63) is 96.1 Å². The Morgan fingerprint density at radius 1 is 0.879 bits per heavy atom. The third-order valence-electron chi connectivity index (χ3n) is 5.21. The third kappa shape index (κ3) is 7.10. The van der Waals surface area contributed by atoms with E-state index in [0.717, 1.165) is 11.1 Å². The standard InChI is InChI=1S/C27H30N2O4/c1-3-28-27(31)25(18-21-11-6-4-7-12-21)29(19-22-13-10-16-24(17-22)32-2)26(30)20-33-23-14-8-5-9-15-23/h4-17,25H,3,18-20H2,1-2H3,(H,28,31)/t25-/m0/s1. The van der Waals surface area contributed by atoms with E-state index >= 15 is 0 Å². The Labute approximate surface area is 195 Å². The molecule has 0 spiro atoms. The zero-order valence-corrected chi connectivity index (χ0v) is 19.1. The van der Waals surface area contributed by atoms with Crippen LogP contribution in [0.2, 0.25) is 0 Å². The van der Waals surface area contributed by atoms with Crippen molar-refractivity contribution in [1.82, 2.24) is 10.2 Å². The molecule has 0 aliphatic carbocycles. The van der Waals surface area contributed by atoms with Gasteiger partial charge in [-0.2, -0.15) is 0 Å². The van der Waals surface area contributed by atoms with Gasteiger partial charge in [-0.15, -0.1) is 0 Å². The fraction of sp³-hybridized carbons (Fsp3) is 0.259. The number of methoxy groups -OCH3 is 1. The molecule has 6 nitrogen and oxygen atoms in total. The largest absolute Gasteiger partial charge is 0.497 e. The maximum atomic E-state index is 13.4. The van der Waals surface area contributed by atoms with E-state index in [1.807, 2.05) is 79.7 Å². The molecular formula is C27H30N2O4. The first kappa shape index (κ1) is 23.9. The average Bonchev–Trinajstić information content (AvgIpc) is 2.86. The van der Waals surface area contributed by atoms with E-state index in [2.05, 4.69) is 5.32 Å². The van der Waals surface area contributed by atoms with Crippen molar-refractivity contribution in [2.75, 3.05) is 20.3 Å². The Kier molecular flexibility index (Phi) is 8.88. The van der Waals surface area contributed by atoms with E-state index in [0.29, 0.717) is 24.5 Å². The highest BCUT2D eigenvalue weighted by Gasteiger charge is 2.30. The number of amides is 2. The number of benzene rings is 3. The van der Waals surface area contributed by atoms with Gasteiger partial charge in [0.25, 0.3) is 5.91 Å². The molecule has 0 bridgehead atoms. The minimum absolute atomic E-state index is 0.168. The molecule has 6 heteroatoms. The van der Waals surface area contributed by atoms with Crippen molar-refractivity contribution in [2.45, 2.75) is 25.9 Å².